The first-order valence-electron chi connectivity index (χ1n) is 7.23. The minimum absolute atomic E-state index is 0.0164. The second kappa shape index (κ2) is 7.88. The summed E-state index contributed by atoms with van der Waals surface area (Å²) in [5.74, 6) is -0.0615. The van der Waals surface area contributed by atoms with E-state index in [1.807, 2.05) is 32.9 Å². The fourth-order valence-electron chi connectivity index (χ4n) is 2.36. The molecule has 0 aliphatic carbocycles. The number of hydrogen-bond donors (Lipinski definition) is 3. The standard InChI is InChI=1S/C15H26O5/c1-4-5-6-10(9(2)3)11(16)7-13-15(19)14(18)12(17)8-20-13/h5-6,9-10,12-15,17-19H,4,7-8H2,1-3H3/b6-5-/t10-,12+,13?,14-,15-/m0/s1. The Morgan fingerprint density at radius 2 is 1.95 bits per heavy atom. The van der Waals surface area contributed by atoms with E-state index in [0.717, 1.165) is 6.42 Å². The van der Waals surface area contributed by atoms with Gasteiger partial charge in [-0.3, -0.25) is 4.79 Å². The maximum Gasteiger partial charge on any atom is 0.142 e. The van der Waals surface area contributed by atoms with Gasteiger partial charge in [0.15, 0.2) is 0 Å². The Morgan fingerprint density at radius 1 is 1.30 bits per heavy atom. The lowest BCUT2D eigenvalue weighted by molar-refractivity contribution is -0.189. The van der Waals surface area contributed by atoms with Gasteiger partial charge in [-0.05, 0) is 12.3 Å². The van der Waals surface area contributed by atoms with Gasteiger partial charge in [-0.15, -0.1) is 0 Å². The Labute approximate surface area is 120 Å². The first-order chi connectivity index (χ1) is 9.38. The lowest BCUT2D eigenvalue weighted by atomic mass is 9.86. The maximum absolute atomic E-state index is 12.3. The van der Waals surface area contributed by atoms with Gasteiger partial charge < -0.3 is 20.1 Å². The predicted molar refractivity (Wildman–Crippen MR) is 75.1 cm³/mol. The third kappa shape index (κ3) is 4.38. The molecular weight excluding hydrogens is 260 g/mol. The van der Waals surface area contributed by atoms with Gasteiger partial charge >= 0.3 is 0 Å². The van der Waals surface area contributed by atoms with Crippen LogP contribution < -0.4 is 0 Å². The fourth-order valence-corrected chi connectivity index (χ4v) is 2.36. The third-order valence-electron chi connectivity index (χ3n) is 3.68. The van der Waals surface area contributed by atoms with E-state index >= 15 is 0 Å². The lowest BCUT2D eigenvalue weighted by Crippen LogP contribution is -2.53. The largest absolute Gasteiger partial charge is 0.388 e. The third-order valence-corrected chi connectivity index (χ3v) is 3.68. The molecule has 5 heteroatoms. The Morgan fingerprint density at radius 3 is 2.50 bits per heavy atom. The summed E-state index contributed by atoms with van der Waals surface area (Å²) in [7, 11) is 0. The summed E-state index contributed by atoms with van der Waals surface area (Å²) in [5, 5.41) is 28.8. The summed E-state index contributed by atoms with van der Waals surface area (Å²) in [4.78, 5) is 12.3. The molecule has 0 aromatic rings. The number of ketones is 1. The van der Waals surface area contributed by atoms with Crippen molar-refractivity contribution in [2.24, 2.45) is 11.8 Å². The molecule has 1 rings (SSSR count). The maximum atomic E-state index is 12.3. The number of ether oxygens (including phenoxy) is 1. The topological polar surface area (TPSA) is 87.0 Å². The quantitative estimate of drug-likeness (QED) is 0.625. The number of carbonyl (C=O) groups excluding carboxylic acids is 1. The second-order valence-electron chi connectivity index (χ2n) is 5.70. The Kier molecular flexibility index (Phi) is 6.82. The average Bonchev–Trinajstić information content (AvgIpc) is 2.39. The van der Waals surface area contributed by atoms with Crippen molar-refractivity contribution in [2.45, 2.75) is 58.0 Å². The number of aliphatic hydroxyl groups is 3. The van der Waals surface area contributed by atoms with Crippen LogP contribution in [0.2, 0.25) is 0 Å². The highest BCUT2D eigenvalue weighted by molar-refractivity contribution is 5.83. The molecule has 0 aromatic carbocycles. The van der Waals surface area contributed by atoms with Crippen LogP contribution in [0.15, 0.2) is 12.2 Å². The van der Waals surface area contributed by atoms with Gasteiger partial charge in [0, 0.05) is 12.3 Å². The van der Waals surface area contributed by atoms with E-state index in [1.165, 1.54) is 0 Å². The van der Waals surface area contributed by atoms with Gasteiger partial charge in [-0.25, -0.2) is 0 Å². The number of rotatable bonds is 6. The Bertz CT molecular complexity index is 339. The summed E-state index contributed by atoms with van der Waals surface area (Å²) >= 11 is 0. The van der Waals surface area contributed by atoms with Crippen LogP contribution in [0.1, 0.15) is 33.6 Å². The second-order valence-corrected chi connectivity index (χ2v) is 5.70. The van der Waals surface area contributed by atoms with Gasteiger partial charge in [-0.1, -0.05) is 32.9 Å². The van der Waals surface area contributed by atoms with Crippen LogP contribution in [0.3, 0.4) is 0 Å². The van der Waals surface area contributed by atoms with Crippen LogP contribution in [0, 0.1) is 11.8 Å². The molecule has 1 heterocycles. The molecule has 116 valence electrons. The molecule has 1 aliphatic rings. The number of hydrogen-bond acceptors (Lipinski definition) is 5. The van der Waals surface area contributed by atoms with Crippen molar-refractivity contribution >= 4 is 5.78 Å². The number of allylic oxidation sites excluding steroid dienone is 2. The molecule has 0 bridgehead atoms. The zero-order chi connectivity index (χ0) is 15.3. The van der Waals surface area contributed by atoms with Crippen LogP contribution in [-0.4, -0.2) is 52.1 Å². The van der Waals surface area contributed by atoms with Crippen molar-refractivity contribution in [2.75, 3.05) is 6.61 Å². The molecule has 0 aromatic heterocycles. The van der Waals surface area contributed by atoms with E-state index < -0.39 is 24.4 Å². The molecule has 20 heavy (non-hydrogen) atoms. The number of Topliss-reactive ketones (excluding diaryl/α,β-unsaturated/α-hetero) is 1. The SMILES string of the molecule is CC/C=C\[C@H](C(=O)CC1OC[C@@H](O)[C@H](O)[C@H]1O)C(C)C. The molecule has 5 nitrogen and oxygen atoms in total. The number of aliphatic hydroxyl groups excluding tert-OH is 3. The van der Waals surface area contributed by atoms with Gasteiger partial charge in [0.2, 0.25) is 0 Å². The minimum atomic E-state index is -1.26. The van der Waals surface area contributed by atoms with E-state index in [2.05, 4.69) is 0 Å². The minimum Gasteiger partial charge on any atom is -0.388 e. The van der Waals surface area contributed by atoms with Crippen molar-refractivity contribution < 1.29 is 24.9 Å². The van der Waals surface area contributed by atoms with Crippen LogP contribution in [0.4, 0.5) is 0 Å². The Hall–Kier alpha value is -0.750. The lowest BCUT2D eigenvalue weighted by Gasteiger charge is -2.35. The molecular formula is C15H26O5. The molecule has 0 saturated carbocycles. The van der Waals surface area contributed by atoms with Gasteiger partial charge in [-0.2, -0.15) is 0 Å². The average molecular weight is 286 g/mol. The molecule has 1 fully saturated rings. The monoisotopic (exact) mass is 286 g/mol. The molecule has 3 N–H and O–H groups in total. The van der Waals surface area contributed by atoms with Crippen LogP contribution in [0.25, 0.3) is 0 Å². The molecule has 5 atom stereocenters. The molecule has 0 radical (unpaired) electrons. The summed E-state index contributed by atoms with van der Waals surface area (Å²) in [6.45, 7) is 5.88. The smallest absolute Gasteiger partial charge is 0.142 e. The molecule has 1 saturated heterocycles. The van der Waals surface area contributed by atoms with E-state index in [1.54, 1.807) is 0 Å². The van der Waals surface area contributed by atoms with Crippen molar-refractivity contribution in [1.29, 1.82) is 0 Å². The Balaban J connectivity index is 2.66. The summed E-state index contributed by atoms with van der Waals surface area (Å²) in [6.07, 6.45) is 0.420. The van der Waals surface area contributed by atoms with E-state index in [9.17, 15) is 20.1 Å². The van der Waals surface area contributed by atoms with E-state index in [-0.39, 0.29) is 30.6 Å². The normalized spacial score (nSPS) is 32.8. The van der Waals surface area contributed by atoms with Crippen molar-refractivity contribution in [3.8, 4) is 0 Å². The van der Waals surface area contributed by atoms with Crippen molar-refractivity contribution in [3.05, 3.63) is 12.2 Å². The van der Waals surface area contributed by atoms with Gasteiger partial charge in [0.25, 0.3) is 0 Å². The highest BCUT2D eigenvalue weighted by Gasteiger charge is 2.39. The first-order valence-corrected chi connectivity index (χ1v) is 7.23. The van der Waals surface area contributed by atoms with Crippen LogP contribution in [0.5, 0.6) is 0 Å². The van der Waals surface area contributed by atoms with Gasteiger partial charge in [0.05, 0.1) is 12.7 Å². The molecule has 0 spiro atoms. The van der Waals surface area contributed by atoms with E-state index in [0.29, 0.717) is 0 Å². The van der Waals surface area contributed by atoms with E-state index in [4.69, 9.17) is 4.74 Å². The fraction of sp³-hybridized carbons (Fsp3) is 0.800. The molecule has 1 aliphatic heterocycles. The van der Waals surface area contributed by atoms with Crippen LogP contribution in [-0.2, 0) is 9.53 Å². The van der Waals surface area contributed by atoms with Crippen molar-refractivity contribution in [3.63, 3.8) is 0 Å². The predicted octanol–water partition coefficient (Wildman–Crippen LogP) is 0.665. The summed E-state index contributed by atoms with van der Waals surface area (Å²) in [6, 6.07) is 0. The highest BCUT2D eigenvalue weighted by Crippen LogP contribution is 2.23. The molecule has 1 unspecified atom stereocenters. The van der Waals surface area contributed by atoms with Crippen LogP contribution >= 0.6 is 0 Å². The summed E-state index contributed by atoms with van der Waals surface area (Å²) < 4.78 is 5.27. The van der Waals surface area contributed by atoms with Gasteiger partial charge in [0.1, 0.15) is 24.1 Å². The zero-order valence-electron chi connectivity index (χ0n) is 12.4. The highest BCUT2D eigenvalue weighted by atomic mass is 16.5. The van der Waals surface area contributed by atoms with Crippen molar-refractivity contribution in [1.82, 2.24) is 0 Å². The summed E-state index contributed by atoms with van der Waals surface area (Å²) in [5.41, 5.74) is 0. The number of carbonyl (C=O) groups is 1. The first kappa shape index (κ1) is 17.3. The molecule has 0 amide bonds. The zero-order valence-corrected chi connectivity index (χ0v) is 12.4.